The molecule has 0 aliphatic rings. The minimum atomic E-state index is -1.18. The number of para-hydroxylation sites is 1. The molecule has 2 rings (SSSR count). The summed E-state index contributed by atoms with van der Waals surface area (Å²) in [5.74, 6) is -3.74. The van der Waals surface area contributed by atoms with E-state index in [1.165, 1.54) is 11.8 Å². The van der Waals surface area contributed by atoms with E-state index in [0.717, 1.165) is 16.5 Å². The number of thioether (sulfide) groups is 1. The molecule has 1 aromatic carbocycles. The number of nitrogens with two attached hydrogens (primary N) is 1. The number of carbonyl (C=O) groups is 5. The molecule has 0 fully saturated rings. The number of carboxylic acid groups (broad SMARTS) is 2. The summed E-state index contributed by atoms with van der Waals surface area (Å²) in [5.41, 5.74) is 7.40. The highest BCUT2D eigenvalue weighted by Gasteiger charge is 2.31. The number of aliphatic carboxylic acids is 2. The van der Waals surface area contributed by atoms with Crippen molar-refractivity contribution in [3.8, 4) is 0 Å². The monoisotopic (exact) mass is 577 g/mol. The largest absolute Gasteiger partial charge is 0.481 e. The minimum Gasteiger partial charge on any atom is -0.481 e. The van der Waals surface area contributed by atoms with Crippen LogP contribution in [0.2, 0.25) is 0 Å². The van der Waals surface area contributed by atoms with E-state index in [4.69, 9.17) is 10.8 Å². The first-order valence-corrected chi connectivity index (χ1v) is 14.5. The van der Waals surface area contributed by atoms with Crippen LogP contribution in [0.3, 0.4) is 0 Å². The summed E-state index contributed by atoms with van der Waals surface area (Å²) in [6, 6.07) is 2.99. The first-order chi connectivity index (χ1) is 18.9. The quantitative estimate of drug-likeness (QED) is 0.144. The molecule has 0 radical (unpaired) electrons. The zero-order valence-electron chi connectivity index (χ0n) is 22.9. The normalized spacial score (nSPS) is 14.2. The van der Waals surface area contributed by atoms with Crippen molar-refractivity contribution in [1.82, 2.24) is 20.9 Å². The first-order valence-electron chi connectivity index (χ1n) is 13.1. The van der Waals surface area contributed by atoms with Crippen LogP contribution < -0.4 is 21.7 Å². The summed E-state index contributed by atoms with van der Waals surface area (Å²) in [6.07, 6.45) is 3.67. The number of amides is 3. The first kappa shape index (κ1) is 32.6. The molecule has 13 heteroatoms. The average Bonchev–Trinajstić information content (AvgIpc) is 3.30. The van der Waals surface area contributed by atoms with E-state index in [0.29, 0.717) is 5.75 Å². The second-order valence-electron chi connectivity index (χ2n) is 10.0. The average molecular weight is 578 g/mol. The maximum absolute atomic E-state index is 13.4. The molecule has 0 aliphatic carbocycles. The lowest BCUT2D eigenvalue weighted by Gasteiger charge is -2.25. The third-order valence-electron chi connectivity index (χ3n) is 6.30. The molecule has 4 atom stereocenters. The Morgan fingerprint density at radius 3 is 2.17 bits per heavy atom. The molecular weight excluding hydrogens is 538 g/mol. The highest BCUT2D eigenvalue weighted by molar-refractivity contribution is 7.98. The van der Waals surface area contributed by atoms with Crippen molar-refractivity contribution in [1.29, 1.82) is 0 Å². The molecule has 0 aliphatic heterocycles. The second kappa shape index (κ2) is 15.9. The van der Waals surface area contributed by atoms with Crippen molar-refractivity contribution in [2.24, 2.45) is 11.7 Å². The van der Waals surface area contributed by atoms with Gasteiger partial charge in [-0.3, -0.25) is 19.2 Å². The summed E-state index contributed by atoms with van der Waals surface area (Å²) in [5, 5.41) is 27.2. The Kier molecular flexibility index (Phi) is 12.9. The molecule has 0 saturated heterocycles. The molecule has 0 spiro atoms. The number of H-pyrrole nitrogens is 1. The number of hydrogen-bond acceptors (Lipinski definition) is 7. The minimum absolute atomic E-state index is 0.000435. The lowest BCUT2D eigenvalue weighted by molar-refractivity contribution is -0.143. The lowest BCUT2D eigenvalue weighted by Crippen LogP contribution is -2.57. The molecule has 0 saturated carbocycles. The van der Waals surface area contributed by atoms with Gasteiger partial charge in [-0.05, 0) is 48.8 Å². The fourth-order valence-electron chi connectivity index (χ4n) is 4.16. The topological polar surface area (TPSA) is 204 Å². The molecule has 220 valence electrons. The van der Waals surface area contributed by atoms with Gasteiger partial charge in [-0.15, -0.1) is 0 Å². The summed E-state index contributed by atoms with van der Waals surface area (Å²) in [6.45, 7) is 3.68. The van der Waals surface area contributed by atoms with E-state index >= 15 is 0 Å². The molecule has 1 aromatic heterocycles. The number of aromatic amines is 1. The molecule has 0 bridgehead atoms. The number of nitrogens with one attached hydrogen (secondary N) is 4. The van der Waals surface area contributed by atoms with Crippen LogP contribution in [0.5, 0.6) is 0 Å². The fraction of sp³-hybridized carbons (Fsp3) is 0.519. The summed E-state index contributed by atoms with van der Waals surface area (Å²) < 4.78 is 0. The zero-order valence-corrected chi connectivity index (χ0v) is 23.8. The molecule has 8 N–H and O–H groups in total. The van der Waals surface area contributed by atoms with Crippen molar-refractivity contribution in [3.05, 3.63) is 36.0 Å². The van der Waals surface area contributed by atoms with Crippen LogP contribution >= 0.6 is 11.8 Å². The molecule has 4 unspecified atom stereocenters. The van der Waals surface area contributed by atoms with Crippen LogP contribution in [0.4, 0.5) is 0 Å². The second-order valence-corrected chi connectivity index (χ2v) is 11.0. The van der Waals surface area contributed by atoms with Gasteiger partial charge in [0.05, 0.1) is 6.04 Å². The fourth-order valence-corrected chi connectivity index (χ4v) is 4.63. The summed E-state index contributed by atoms with van der Waals surface area (Å²) >= 11 is 1.46. The Hall–Kier alpha value is -3.58. The third-order valence-corrected chi connectivity index (χ3v) is 6.95. The van der Waals surface area contributed by atoms with Crippen molar-refractivity contribution in [2.75, 3.05) is 12.0 Å². The SMILES string of the molecule is CSCCC(NC(=O)C(N)CCC(=O)O)C(=O)NC(Cc1c[nH]c2ccccc12)C(=O)NC(CC(C)C)C(=O)O. The van der Waals surface area contributed by atoms with Crippen molar-refractivity contribution < 1.29 is 34.2 Å². The van der Waals surface area contributed by atoms with Gasteiger partial charge in [-0.1, -0.05) is 32.0 Å². The number of hydrogen-bond donors (Lipinski definition) is 7. The highest BCUT2D eigenvalue weighted by atomic mass is 32.2. The van der Waals surface area contributed by atoms with Gasteiger partial charge in [0.1, 0.15) is 18.1 Å². The maximum Gasteiger partial charge on any atom is 0.326 e. The molecular formula is C27H39N5O7S. The number of carbonyl (C=O) groups excluding carboxylic acids is 3. The van der Waals surface area contributed by atoms with Gasteiger partial charge < -0.3 is 36.9 Å². The Morgan fingerprint density at radius 2 is 1.55 bits per heavy atom. The van der Waals surface area contributed by atoms with Gasteiger partial charge in [0, 0.05) is 29.9 Å². The van der Waals surface area contributed by atoms with Gasteiger partial charge in [-0.25, -0.2) is 4.79 Å². The predicted molar refractivity (Wildman–Crippen MR) is 153 cm³/mol. The maximum atomic E-state index is 13.4. The highest BCUT2D eigenvalue weighted by Crippen LogP contribution is 2.19. The standard InChI is InChI=1S/C27H39N5O7S/c1-15(2)12-22(27(38)39)32-26(37)21(13-16-14-29-19-7-5-4-6-17(16)19)31-25(36)20(10-11-40-3)30-24(35)18(28)8-9-23(33)34/h4-7,14-15,18,20-22,29H,8-13,28H2,1-3H3,(H,30,35)(H,31,36)(H,32,37)(H,33,34)(H,38,39). The van der Waals surface area contributed by atoms with Crippen molar-refractivity contribution in [3.63, 3.8) is 0 Å². The van der Waals surface area contributed by atoms with Crippen molar-refractivity contribution >= 4 is 52.3 Å². The van der Waals surface area contributed by atoms with Gasteiger partial charge in [0.2, 0.25) is 17.7 Å². The molecule has 3 amide bonds. The zero-order chi connectivity index (χ0) is 29.8. The lowest BCUT2D eigenvalue weighted by atomic mass is 10.0. The predicted octanol–water partition coefficient (Wildman–Crippen LogP) is 1.24. The van der Waals surface area contributed by atoms with E-state index in [9.17, 15) is 29.1 Å². The van der Waals surface area contributed by atoms with Gasteiger partial charge in [-0.2, -0.15) is 11.8 Å². The van der Waals surface area contributed by atoms with Crippen LogP contribution in [0.25, 0.3) is 10.9 Å². The van der Waals surface area contributed by atoms with E-state index in [1.54, 1.807) is 6.20 Å². The number of aromatic nitrogens is 1. The summed E-state index contributed by atoms with van der Waals surface area (Å²) in [7, 11) is 0. The Morgan fingerprint density at radius 1 is 0.925 bits per heavy atom. The number of carboxylic acids is 2. The van der Waals surface area contributed by atoms with Crippen molar-refractivity contribution in [2.45, 2.75) is 70.1 Å². The van der Waals surface area contributed by atoms with E-state index in [1.807, 2.05) is 44.4 Å². The van der Waals surface area contributed by atoms with E-state index < -0.39 is 53.8 Å². The third kappa shape index (κ3) is 10.2. The Bertz CT molecular complexity index is 1180. The Balaban J connectivity index is 2.29. The Labute approximate surface area is 237 Å². The molecule has 2 aromatic rings. The summed E-state index contributed by atoms with van der Waals surface area (Å²) in [4.78, 5) is 65.2. The van der Waals surface area contributed by atoms with Gasteiger partial charge in [0.15, 0.2) is 0 Å². The number of benzene rings is 1. The van der Waals surface area contributed by atoms with Crippen LogP contribution in [-0.2, 0) is 30.4 Å². The van der Waals surface area contributed by atoms with Crippen LogP contribution in [0.15, 0.2) is 30.5 Å². The van der Waals surface area contributed by atoms with Crippen LogP contribution in [0, 0.1) is 5.92 Å². The van der Waals surface area contributed by atoms with Gasteiger partial charge in [0.25, 0.3) is 0 Å². The van der Waals surface area contributed by atoms with E-state index in [-0.39, 0.29) is 38.0 Å². The van der Waals surface area contributed by atoms with Crippen LogP contribution in [0.1, 0.15) is 45.1 Å². The number of rotatable bonds is 17. The van der Waals surface area contributed by atoms with Crippen LogP contribution in [-0.4, -0.2) is 81.0 Å². The van der Waals surface area contributed by atoms with Gasteiger partial charge >= 0.3 is 11.9 Å². The smallest absolute Gasteiger partial charge is 0.326 e. The number of fused-ring (bicyclic) bond motifs is 1. The van der Waals surface area contributed by atoms with E-state index in [2.05, 4.69) is 20.9 Å². The molecule has 40 heavy (non-hydrogen) atoms. The molecule has 1 heterocycles. The molecule has 12 nitrogen and oxygen atoms in total.